The van der Waals surface area contributed by atoms with Crippen molar-refractivity contribution in [2.45, 2.75) is 13.0 Å². The van der Waals surface area contributed by atoms with Crippen LogP contribution in [0.25, 0.3) is 0 Å². The highest BCUT2D eigenvalue weighted by Crippen LogP contribution is 1.97. The lowest BCUT2D eigenvalue weighted by molar-refractivity contribution is -0.142. The highest BCUT2D eigenvalue weighted by molar-refractivity contribution is 5.86. The molecule has 1 atom stereocenters. The van der Waals surface area contributed by atoms with Gasteiger partial charge in [0.05, 0.1) is 6.61 Å². The van der Waals surface area contributed by atoms with Gasteiger partial charge in [-0.05, 0) is 6.92 Å². The quantitative estimate of drug-likeness (QED) is 0.493. The van der Waals surface area contributed by atoms with Gasteiger partial charge in [0.2, 0.25) is 0 Å². The van der Waals surface area contributed by atoms with Crippen molar-refractivity contribution in [3.63, 3.8) is 0 Å². The predicted molar refractivity (Wildman–Crippen MR) is 52.2 cm³/mol. The smallest absolute Gasteiger partial charge is 0.407 e. The molecule has 6 nitrogen and oxygen atoms in total. The molecule has 0 aromatic rings. The van der Waals surface area contributed by atoms with Crippen LogP contribution < -0.4 is 5.32 Å². The summed E-state index contributed by atoms with van der Waals surface area (Å²) in [6, 6.07) is 0. The number of carbonyl (C=O) groups is 2. The molecule has 0 saturated heterocycles. The topological polar surface area (TPSA) is 84.9 Å². The molecule has 0 aromatic carbocycles. The van der Waals surface area contributed by atoms with E-state index < -0.39 is 24.8 Å². The maximum Gasteiger partial charge on any atom is 0.407 e. The fraction of sp³-hybridized carbons (Fsp3) is 0.556. The monoisotopic (exact) mass is 217 g/mol. The molecule has 0 spiro atoms. The third kappa shape index (κ3) is 5.69. The number of aliphatic hydroxyl groups excluding tert-OH is 1. The summed E-state index contributed by atoms with van der Waals surface area (Å²) in [6.45, 7) is 4.26. The van der Waals surface area contributed by atoms with Gasteiger partial charge in [0.25, 0.3) is 0 Å². The highest BCUT2D eigenvalue weighted by Gasteiger charge is 2.15. The van der Waals surface area contributed by atoms with Crippen LogP contribution in [0.2, 0.25) is 0 Å². The number of ether oxygens (including phenoxy) is 2. The van der Waals surface area contributed by atoms with Crippen LogP contribution in [-0.2, 0) is 14.3 Å². The van der Waals surface area contributed by atoms with Gasteiger partial charge in [-0.15, -0.1) is 0 Å². The lowest BCUT2D eigenvalue weighted by Gasteiger charge is -2.14. The molecule has 15 heavy (non-hydrogen) atoms. The van der Waals surface area contributed by atoms with Crippen LogP contribution in [0.15, 0.2) is 12.2 Å². The summed E-state index contributed by atoms with van der Waals surface area (Å²) < 4.78 is 9.37. The Morgan fingerprint density at radius 3 is 2.53 bits per heavy atom. The van der Waals surface area contributed by atoms with E-state index in [0.29, 0.717) is 0 Å². The van der Waals surface area contributed by atoms with Crippen molar-refractivity contribution in [3.05, 3.63) is 12.2 Å². The Morgan fingerprint density at radius 1 is 1.53 bits per heavy atom. The van der Waals surface area contributed by atoms with Crippen molar-refractivity contribution < 1.29 is 24.2 Å². The van der Waals surface area contributed by atoms with Crippen LogP contribution in [-0.4, -0.2) is 43.5 Å². The third-order valence-electron chi connectivity index (χ3n) is 1.43. The normalized spacial score (nSPS) is 11.4. The van der Waals surface area contributed by atoms with Crippen LogP contribution in [0.1, 0.15) is 6.92 Å². The van der Waals surface area contributed by atoms with Gasteiger partial charge in [-0.3, -0.25) is 0 Å². The summed E-state index contributed by atoms with van der Waals surface area (Å²) in [6.07, 6.45) is -1.56. The highest BCUT2D eigenvalue weighted by atomic mass is 16.6. The molecule has 1 amide bonds. The van der Waals surface area contributed by atoms with Gasteiger partial charge >= 0.3 is 12.1 Å². The molecule has 0 heterocycles. The van der Waals surface area contributed by atoms with Gasteiger partial charge in [-0.25, -0.2) is 9.59 Å². The van der Waals surface area contributed by atoms with E-state index in [9.17, 15) is 9.59 Å². The van der Waals surface area contributed by atoms with E-state index >= 15 is 0 Å². The minimum atomic E-state index is -0.867. The number of hydrogen-bond donors (Lipinski definition) is 2. The van der Waals surface area contributed by atoms with E-state index in [2.05, 4.69) is 16.6 Å². The Labute approximate surface area is 87.9 Å². The molecule has 0 aliphatic heterocycles. The SMILES string of the molecule is C=C(C)C(=O)OCC(CO)OC(=O)NC. The second kappa shape index (κ2) is 6.83. The van der Waals surface area contributed by atoms with E-state index in [1.54, 1.807) is 0 Å². The van der Waals surface area contributed by atoms with Crippen LogP contribution in [0, 0.1) is 0 Å². The first-order valence-corrected chi connectivity index (χ1v) is 4.33. The fourth-order valence-electron chi connectivity index (χ4n) is 0.626. The number of esters is 1. The molecule has 0 aromatic heterocycles. The van der Waals surface area contributed by atoms with Gasteiger partial charge in [-0.1, -0.05) is 6.58 Å². The standard InChI is InChI=1S/C9H15NO5/c1-6(2)8(12)14-5-7(4-11)15-9(13)10-3/h7,11H,1,4-5H2,2-3H3,(H,10,13). The van der Waals surface area contributed by atoms with E-state index in [1.807, 2.05) is 0 Å². The molecule has 86 valence electrons. The lowest BCUT2D eigenvalue weighted by Crippen LogP contribution is -2.32. The minimum absolute atomic E-state index is 0.199. The Balaban J connectivity index is 3.95. The van der Waals surface area contributed by atoms with E-state index in [-0.39, 0.29) is 12.2 Å². The number of hydrogen-bond acceptors (Lipinski definition) is 5. The van der Waals surface area contributed by atoms with E-state index in [1.165, 1.54) is 14.0 Å². The van der Waals surface area contributed by atoms with Crippen molar-refractivity contribution in [2.24, 2.45) is 0 Å². The maximum atomic E-state index is 11.0. The van der Waals surface area contributed by atoms with E-state index in [0.717, 1.165) is 0 Å². The van der Waals surface area contributed by atoms with Gasteiger partial charge in [0.1, 0.15) is 6.61 Å². The summed E-state index contributed by atoms with van der Waals surface area (Å²) in [5, 5.41) is 11.0. The fourth-order valence-corrected chi connectivity index (χ4v) is 0.626. The Morgan fingerprint density at radius 2 is 2.13 bits per heavy atom. The summed E-state index contributed by atoms with van der Waals surface area (Å²) in [7, 11) is 1.39. The molecule has 0 aliphatic carbocycles. The molecule has 2 N–H and O–H groups in total. The molecule has 0 fully saturated rings. The van der Waals surface area contributed by atoms with Crippen LogP contribution >= 0.6 is 0 Å². The number of aliphatic hydroxyl groups is 1. The molecule has 0 rings (SSSR count). The third-order valence-corrected chi connectivity index (χ3v) is 1.43. The Hall–Kier alpha value is -1.56. The van der Waals surface area contributed by atoms with Gasteiger partial charge in [-0.2, -0.15) is 0 Å². The molecular weight excluding hydrogens is 202 g/mol. The number of rotatable bonds is 5. The van der Waals surface area contributed by atoms with Crippen LogP contribution in [0.4, 0.5) is 4.79 Å². The Bertz CT molecular complexity index is 251. The van der Waals surface area contributed by atoms with Crippen molar-refractivity contribution in [1.82, 2.24) is 5.32 Å². The molecular formula is C9H15NO5. The minimum Gasteiger partial charge on any atom is -0.458 e. The van der Waals surface area contributed by atoms with Crippen molar-refractivity contribution in [1.29, 1.82) is 0 Å². The number of alkyl carbamates (subject to hydrolysis) is 1. The first-order chi connectivity index (χ1) is 7.01. The van der Waals surface area contributed by atoms with Crippen LogP contribution in [0.5, 0.6) is 0 Å². The zero-order valence-corrected chi connectivity index (χ0v) is 8.78. The van der Waals surface area contributed by atoms with Crippen molar-refractivity contribution in [3.8, 4) is 0 Å². The van der Waals surface area contributed by atoms with Gasteiger partial charge < -0.3 is 19.9 Å². The van der Waals surface area contributed by atoms with Gasteiger partial charge in [0, 0.05) is 12.6 Å². The molecule has 0 aliphatic rings. The molecule has 0 bridgehead atoms. The zero-order valence-electron chi connectivity index (χ0n) is 8.78. The zero-order chi connectivity index (χ0) is 11.8. The second-order valence-corrected chi connectivity index (χ2v) is 2.84. The second-order valence-electron chi connectivity index (χ2n) is 2.84. The first kappa shape index (κ1) is 13.4. The largest absolute Gasteiger partial charge is 0.458 e. The van der Waals surface area contributed by atoms with Crippen LogP contribution in [0.3, 0.4) is 0 Å². The van der Waals surface area contributed by atoms with E-state index in [4.69, 9.17) is 9.84 Å². The van der Waals surface area contributed by atoms with Crippen molar-refractivity contribution in [2.75, 3.05) is 20.3 Å². The maximum absolute atomic E-state index is 11.0. The summed E-state index contributed by atoms with van der Waals surface area (Å²) in [5.41, 5.74) is 0.242. The summed E-state index contributed by atoms with van der Waals surface area (Å²) >= 11 is 0. The first-order valence-electron chi connectivity index (χ1n) is 4.33. The average Bonchev–Trinajstić information content (AvgIpc) is 2.22. The molecule has 0 radical (unpaired) electrons. The predicted octanol–water partition coefficient (Wildman–Crippen LogP) is -0.177. The van der Waals surface area contributed by atoms with Gasteiger partial charge in [0.15, 0.2) is 6.10 Å². The molecule has 0 saturated carbocycles. The Kier molecular flexibility index (Phi) is 6.12. The summed E-state index contributed by atoms with van der Waals surface area (Å²) in [4.78, 5) is 21.7. The number of nitrogens with one attached hydrogen (secondary N) is 1. The molecule has 6 heteroatoms. The summed E-state index contributed by atoms with van der Waals surface area (Å²) in [5.74, 6) is -0.589. The molecule has 1 unspecified atom stereocenters. The average molecular weight is 217 g/mol. The number of carbonyl (C=O) groups excluding carboxylic acids is 2. The lowest BCUT2D eigenvalue weighted by atomic mass is 10.3. The number of amides is 1. The van der Waals surface area contributed by atoms with Crippen molar-refractivity contribution >= 4 is 12.1 Å².